The Balaban J connectivity index is 2.05. The van der Waals surface area contributed by atoms with Gasteiger partial charge in [0.05, 0.1) is 16.6 Å². The van der Waals surface area contributed by atoms with Crippen molar-refractivity contribution < 1.29 is 15.0 Å². The molecule has 1 aromatic carbocycles. The summed E-state index contributed by atoms with van der Waals surface area (Å²) < 4.78 is 2.01. The standard InChI is InChI=1S/C16H20N2O3/c1-10-17-14-7-3-6-13(16(20)21)15(14)18(10)8-11-4-2-5-12(11)9-19/h3,6-7,11-12,19H,2,4-5,8-9H2,1H3,(H,20,21). The number of carboxylic acids is 1. The van der Waals surface area contributed by atoms with Gasteiger partial charge in [-0.3, -0.25) is 0 Å². The van der Waals surface area contributed by atoms with Gasteiger partial charge in [0.1, 0.15) is 5.82 Å². The highest BCUT2D eigenvalue weighted by atomic mass is 16.4. The maximum Gasteiger partial charge on any atom is 0.337 e. The Bertz CT molecular complexity index is 677. The van der Waals surface area contributed by atoms with Gasteiger partial charge in [0.25, 0.3) is 0 Å². The van der Waals surface area contributed by atoms with Crippen LogP contribution in [0.3, 0.4) is 0 Å². The number of imidazole rings is 1. The lowest BCUT2D eigenvalue weighted by Gasteiger charge is -2.19. The zero-order chi connectivity index (χ0) is 15.0. The molecule has 1 fully saturated rings. The topological polar surface area (TPSA) is 75.3 Å². The molecule has 0 radical (unpaired) electrons. The molecule has 5 nitrogen and oxygen atoms in total. The number of carboxylic acid groups (broad SMARTS) is 1. The molecule has 2 N–H and O–H groups in total. The highest BCUT2D eigenvalue weighted by molar-refractivity contribution is 6.01. The smallest absolute Gasteiger partial charge is 0.337 e. The quantitative estimate of drug-likeness (QED) is 0.906. The number of fused-ring (bicyclic) bond motifs is 1. The summed E-state index contributed by atoms with van der Waals surface area (Å²) in [5.41, 5.74) is 1.73. The molecule has 0 bridgehead atoms. The van der Waals surface area contributed by atoms with Crippen LogP contribution in [0.2, 0.25) is 0 Å². The van der Waals surface area contributed by atoms with E-state index in [1.54, 1.807) is 12.1 Å². The number of nitrogens with zero attached hydrogens (tertiary/aromatic N) is 2. The zero-order valence-corrected chi connectivity index (χ0v) is 12.1. The number of hydrogen-bond acceptors (Lipinski definition) is 3. The number of aromatic carboxylic acids is 1. The Morgan fingerprint density at radius 3 is 2.86 bits per heavy atom. The van der Waals surface area contributed by atoms with Crippen molar-refractivity contribution in [2.75, 3.05) is 6.61 Å². The first-order chi connectivity index (χ1) is 10.1. The second-order valence-corrected chi connectivity index (χ2v) is 5.88. The number of aliphatic hydroxyl groups excluding tert-OH is 1. The Kier molecular flexibility index (Phi) is 3.68. The third-order valence-corrected chi connectivity index (χ3v) is 4.66. The fourth-order valence-electron chi connectivity index (χ4n) is 3.53. The Morgan fingerprint density at radius 2 is 2.14 bits per heavy atom. The summed E-state index contributed by atoms with van der Waals surface area (Å²) in [5.74, 6) is 0.626. The highest BCUT2D eigenvalue weighted by Crippen LogP contribution is 2.34. The molecule has 112 valence electrons. The number of carbonyl (C=O) groups is 1. The summed E-state index contributed by atoms with van der Waals surface area (Å²) in [6, 6.07) is 5.21. The van der Waals surface area contributed by atoms with Crippen LogP contribution in [0.25, 0.3) is 11.0 Å². The average molecular weight is 288 g/mol. The summed E-state index contributed by atoms with van der Waals surface area (Å²) in [4.78, 5) is 15.9. The maximum absolute atomic E-state index is 11.5. The lowest BCUT2D eigenvalue weighted by Crippen LogP contribution is -2.19. The van der Waals surface area contributed by atoms with Gasteiger partial charge in [-0.25, -0.2) is 9.78 Å². The van der Waals surface area contributed by atoms with Crippen molar-refractivity contribution in [1.82, 2.24) is 9.55 Å². The summed E-state index contributed by atoms with van der Waals surface area (Å²) in [6.07, 6.45) is 3.27. The predicted molar refractivity (Wildman–Crippen MR) is 79.3 cm³/mol. The van der Waals surface area contributed by atoms with E-state index in [0.717, 1.165) is 37.1 Å². The molecule has 0 saturated heterocycles. The van der Waals surface area contributed by atoms with Crippen LogP contribution in [0.5, 0.6) is 0 Å². The van der Waals surface area contributed by atoms with Crippen molar-refractivity contribution in [2.24, 2.45) is 11.8 Å². The minimum Gasteiger partial charge on any atom is -0.478 e. The first kappa shape index (κ1) is 14.1. The molecule has 2 aromatic rings. The summed E-state index contributed by atoms with van der Waals surface area (Å²) in [7, 11) is 0. The Morgan fingerprint density at radius 1 is 1.38 bits per heavy atom. The molecule has 1 heterocycles. The number of hydrogen-bond donors (Lipinski definition) is 2. The average Bonchev–Trinajstić information content (AvgIpc) is 3.03. The fourth-order valence-corrected chi connectivity index (χ4v) is 3.53. The van der Waals surface area contributed by atoms with Gasteiger partial charge < -0.3 is 14.8 Å². The molecular weight excluding hydrogens is 268 g/mol. The van der Waals surface area contributed by atoms with Crippen LogP contribution in [-0.2, 0) is 6.54 Å². The van der Waals surface area contributed by atoms with Gasteiger partial charge in [0, 0.05) is 13.2 Å². The van der Waals surface area contributed by atoms with E-state index in [4.69, 9.17) is 0 Å². The highest BCUT2D eigenvalue weighted by Gasteiger charge is 2.28. The van der Waals surface area contributed by atoms with Gasteiger partial charge in [0.2, 0.25) is 0 Å². The van der Waals surface area contributed by atoms with Crippen LogP contribution in [0.15, 0.2) is 18.2 Å². The number of aliphatic hydroxyl groups is 1. The van der Waals surface area contributed by atoms with Crippen LogP contribution in [0.1, 0.15) is 35.4 Å². The van der Waals surface area contributed by atoms with Crippen LogP contribution in [0, 0.1) is 18.8 Å². The summed E-state index contributed by atoms with van der Waals surface area (Å²) in [6.45, 7) is 2.86. The second-order valence-electron chi connectivity index (χ2n) is 5.88. The van der Waals surface area contributed by atoms with Crippen molar-refractivity contribution in [2.45, 2.75) is 32.7 Å². The summed E-state index contributed by atoms with van der Waals surface area (Å²) in [5, 5.41) is 18.9. The van der Waals surface area contributed by atoms with E-state index >= 15 is 0 Å². The van der Waals surface area contributed by atoms with Gasteiger partial charge >= 0.3 is 5.97 Å². The molecule has 5 heteroatoms. The normalized spacial score (nSPS) is 22.0. The van der Waals surface area contributed by atoms with E-state index in [1.807, 2.05) is 17.6 Å². The van der Waals surface area contributed by atoms with Crippen molar-refractivity contribution >= 4 is 17.0 Å². The Hall–Kier alpha value is -1.88. The maximum atomic E-state index is 11.5. The molecule has 1 aliphatic rings. The number of aromatic nitrogens is 2. The van der Waals surface area contributed by atoms with Gasteiger partial charge in [-0.2, -0.15) is 0 Å². The lowest BCUT2D eigenvalue weighted by molar-refractivity contribution is 0.0698. The number of aryl methyl sites for hydroxylation is 1. The third-order valence-electron chi connectivity index (χ3n) is 4.66. The largest absolute Gasteiger partial charge is 0.478 e. The van der Waals surface area contributed by atoms with Gasteiger partial charge in [0.15, 0.2) is 0 Å². The van der Waals surface area contributed by atoms with Crippen LogP contribution >= 0.6 is 0 Å². The van der Waals surface area contributed by atoms with E-state index in [0.29, 0.717) is 22.9 Å². The molecule has 0 spiro atoms. The molecular formula is C16H20N2O3. The van der Waals surface area contributed by atoms with E-state index < -0.39 is 5.97 Å². The van der Waals surface area contributed by atoms with E-state index in [2.05, 4.69) is 4.98 Å². The molecule has 1 aliphatic carbocycles. The van der Waals surface area contributed by atoms with Crippen molar-refractivity contribution in [1.29, 1.82) is 0 Å². The first-order valence-corrected chi connectivity index (χ1v) is 7.41. The molecule has 1 saturated carbocycles. The molecule has 21 heavy (non-hydrogen) atoms. The van der Waals surface area contributed by atoms with Gasteiger partial charge in [-0.05, 0) is 43.7 Å². The Labute approximate surface area is 123 Å². The molecule has 0 aliphatic heterocycles. The fraction of sp³-hybridized carbons (Fsp3) is 0.500. The van der Waals surface area contributed by atoms with Crippen molar-refractivity contribution in [3.05, 3.63) is 29.6 Å². The van der Waals surface area contributed by atoms with E-state index in [1.165, 1.54) is 0 Å². The van der Waals surface area contributed by atoms with E-state index in [-0.39, 0.29) is 6.61 Å². The minimum absolute atomic E-state index is 0.210. The number of benzene rings is 1. The minimum atomic E-state index is -0.924. The lowest BCUT2D eigenvalue weighted by atomic mass is 9.96. The molecule has 2 unspecified atom stereocenters. The van der Waals surface area contributed by atoms with Crippen molar-refractivity contribution in [3.8, 4) is 0 Å². The van der Waals surface area contributed by atoms with Crippen LogP contribution in [-0.4, -0.2) is 32.3 Å². The third kappa shape index (κ3) is 2.42. The summed E-state index contributed by atoms with van der Waals surface area (Å²) >= 11 is 0. The predicted octanol–water partition coefficient (Wildman–Crippen LogP) is 2.45. The molecule has 1 aromatic heterocycles. The van der Waals surface area contributed by atoms with Crippen LogP contribution < -0.4 is 0 Å². The monoisotopic (exact) mass is 288 g/mol. The molecule has 3 rings (SSSR count). The second kappa shape index (κ2) is 5.48. The molecule has 2 atom stereocenters. The van der Waals surface area contributed by atoms with Crippen molar-refractivity contribution in [3.63, 3.8) is 0 Å². The van der Waals surface area contributed by atoms with Gasteiger partial charge in [-0.15, -0.1) is 0 Å². The zero-order valence-electron chi connectivity index (χ0n) is 12.1. The van der Waals surface area contributed by atoms with Gasteiger partial charge in [-0.1, -0.05) is 12.5 Å². The van der Waals surface area contributed by atoms with E-state index in [9.17, 15) is 15.0 Å². The van der Waals surface area contributed by atoms with Crippen LogP contribution in [0.4, 0.5) is 0 Å². The number of para-hydroxylation sites is 1. The number of rotatable bonds is 4. The SMILES string of the molecule is Cc1nc2cccc(C(=O)O)c2n1CC1CCCC1CO. The molecule has 0 amide bonds. The first-order valence-electron chi connectivity index (χ1n) is 7.41.